The third kappa shape index (κ3) is 2.52. The molecule has 1 aromatic rings. The molecule has 1 aromatic carbocycles. The third-order valence-electron chi connectivity index (χ3n) is 3.78. The van der Waals surface area contributed by atoms with Gasteiger partial charge in [-0.25, -0.2) is 0 Å². The molecule has 0 spiro atoms. The largest absolute Gasteiger partial charge is 0.496 e. The molecular weight excluding hydrogens is 271 g/mol. The number of alkyl halides is 3. The van der Waals surface area contributed by atoms with Gasteiger partial charge in [0.15, 0.2) is 5.78 Å². The number of methoxy groups -OCH3 is 1. The summed E-state index contributed by atoms with van der Waals surface area (Å²) < 4.78 is 44.9. The van der Waals surface area contributed by atoms with Crippen LogP contribution in [-0.4, -0.2) is 32.2 Å². The number of Topliss-reactive ketones (excluding diaryl/α,β-unsaturated/α-hetero) is 1. The van der Waals surface area contributed by atoms with Gasteiger partial charge < -0.3 is 10.1 Å². The predicted octanol–water partition coefficient (Wildman–Crippen LogP) is 2.35. The summed E-state index contributed by atoms with van der Waals surface area (Å²) in [4.78, 5) is 12.2. The average Bonchev–Trinajstić information content (AvgIpc) is 2.89. The molecule has 0 aromatic heterocycles. The van der Waals surface area contributed by atoms with Crippen LogP contribution in [0.4, 0.5) is 13.2 Å². The number of carbonyl (C=O) groups excluding carboxylic acids is 1. The Bertz CT molecular complexity index is 493. The van der Waals surface area contributed by atoms with Gasteiger partial charge in [-0.2, -0.15) is 13.2 Å². The quantitative estimate of drug-likeness (QED) is 0.924. The van der Waals surface area contributed by atoms with Gasteiger partial charge in [0.05, 0.1) is 7.11 Å². The summed E-state index contributed by atoms with van der Waals surface area (Å²) in [5, 5.41) is 2.64. The van der Waals surface area contributed by atoms with Gasteiger partial charge in [0.2, 0.25) is 0 Å². The zero-order valence-electron chi connectivity index (χ0n) is 11.1. The van der Waals surface area contributed by atoms with Crippen molar-refractivity contribution in [2.75, 3.05) is 20.2 Å². The zero-order chi connectivity index (χ0) is 14.8. The van der Waals surface area contributed by atoms with Crippen molar-refractivity contribution in [3.63, 3.8) is 0 Å². The number of hydrogen-bond donors (Lipinski definition) is 1. The van der Waals surface area contributed by atoms with Crippen LogP contribution in [0.1, 0.15) is 12.0 Å². The standard InChI is InChI=1S/C14H16F3NO2/c1-20-11-5-3-2-4-10(11)8-12(19)13(14(15,16)17)6-7-18-9-13/h2-5,18H,6-9H2,1H3. The fraction of sp³-hybridized carbons (Fsp3) is 0.500. The van der Waals surface area contributed by atoms with Crippen molar-refractivity contribution in [2.45, 2.75) is 19.0 Å². The zero-order valence-corrected chi connectivity index (χ0v) is 11.1. The van der Waals surface area contributed by atoms with Crippen LogP contribution in [0.25, 0.3) is 0 Å². The van der Waals surface area contributed by atoms with Crippen LogP contribution >= 0.6 is 0 Å². The highest BCUT2D eigenvalue weighted by Crippen LogP contribution is 2.44. The Kier molecular flexibility index (Phi) is 4.04. The molecule has 1 saturated heterocycles. The fourth-order valence-corrected chi connectivity index (χ4v) is 2.52. The van der Waals surface area contributed by atoms with E-state index in [1.54, 1.807) is 24.3 Å². The number of hydrogen-bond acceptors (Lipinski definition) is 3. The van der Waals surface area contributed by atoms with Crippen molar-refractivity contribution in [3.8, 4) is 5.75 Å². The first-order valence-electron chi connectivity index (χ1n) is 6.33. The first-order valence-corrected chi connectivity index (χ1v) is 6.33. The van der Waals surface area contributed by atoms with Crippen LogP contribution in [0.3, 0.4) is 0 Å². The molecule has 0 saturated carbocycles. The van der Waals surface area contributed by atoms with E-state index in [-0.39, 0.29) is 25.9 Å². The molecule has 20 heavy (non-hydrogen) atoms. The van der Waals surface area contributed by atoms with Gasteiger partial charge in [0, 0.05) is 18.5 Å². The van der Waals surface area contributed by atoms with Crippen LogP contribution in [0.5, 0.6) is 5.75 Å². The highest BCUT2D eigenvalue weighted by Gasteiger charge is 2.60. The van der Waals surface area contributed by atoms with Crippen molar-refractivity contribution in [1.29, 1.82) is 0 Å². The molecule has 2 rings (SSSR count). The second-order valence-electron chi connectivity index (χ2n) is 4.92. The number of benzene rings is 1. The number of para-hydroxylation sites is 1. The lowest BCUT2D eigenvalue weighted by molar-refractivity contribution is -0.214. The van der Waals surface area contributed by atoms with Crippen molar-refractivity contribution in [1.82, 2.24) is 5.32 Å². The number of rotatable bonds is 4. The second kappa shape index (κ2) is 5.44. The summed E-state index contributed by atoms with van der Waals surface area (Å²) in [5.41, 5.74) is -1.79. The van der Waals surface area contributed by atoms with Crippen LogP contribution in [0.15, 0.2) is 24.3 Å². The van der Waals surface area contributed by atoms with Gasteiger partial charge >= 0.3 is 6.18 Å². The van der Waals surface area contributed by atoms with E-state index in [0.29, 0.717) is 11.3 Å². The number of ketones is 1. The molecule has 0 aliphatic carbocycles. The Hall–Kier alpha value is -1.56. The fourth-order valence-electron chi connectivity index (χ4n) is 2.52. The van der Waals surface area contributed by atoms with Gasteiger partial charge in [-0.15, -0.1) is 0 Å². The number of nitrogens with one attached hydrogen (secondary N) is 1. The topological polar surface area (TPSA) is 38.3 Å². The molecule has 1 unspecified atom stereocenters. The van der Waals surface area contributed by atoms with E-state index in [0.717, 1.165) is 0 Å². The minimum absolute atomic E-state index is 0.204. The van der Waals surface area contributed by atoms with Gasteiger partial charge in [-0.1, -0.05) is 18.2 Å². The van der Waals surface area contributed by atoms with E-state index in [1.807, 2.05) is 0 Å². The Balaban J connectivity index is 2.26. The highest BCUT2D eigenvalue weighted by molar-refractivity contribution is 5.88. The lowest BCUT2D eigenvalue weighted by Crippen LogP contribution is -2.47. The molecule has 0 bridgehead atoms. The molecular formula is C14H16F3NO2. The predicted molar refractivity (Wildman–Crippen MR) is 67.7 cm³/mol. The maximum absolute atomic E-state index is 13.3. The van der Waals surface area contributed by atoms with E-state index in [4.69, 9.17) is 4.74 Å². The smallest absolute Gasteiger partial charge is 0.402 e. The van der Waals surface area contributed by atoms with Gasteiger partial charge in [-0.05, 0) is 19.0 Å². The molecule has 0 amide bonds. The lowest BCUT2D eigenvalue weighted by Gasteiger charge is -2.29. The SMILES string of the molecule is COc1ccccc1CC(=O)C1(C(F)(F)F)CCNC1. The van der Waals surface area contributed by atoms with E-state index < -0.39 is 17.4 Å². The molecule has 6 heteroatoms. The normalized spacial score (nSPS) is 22.8. The Morgan fingerprint density at radius 2 is 2.10 bits per heavy atom. The monoisotopic (exact) mass is 287 g/mol. The molecule has 1 fully saturated rings. The summed E-state index contributed by atoms with van der Waals surface area (Å²) >= 11 is 0. The van der Waals surface area contributed by atoms with Gasteiger partial charge in [0.25, 0.3) is 0 Å². The van der Waals surface area contributed by atoms with E-state index in [1.165, 1.54) is 7.11 Å². The average molecular weight is 287 g/mol. The summed E-state index contributed by atoms with van der Waals surface area (Å²) in [7, 11) is 1.43. The number of ether oxygens (including phenoxy) is 1. The van der Waals surface area contributed by atoms with Gasteiger partial charge in [-0.3, -0.25) is 4.79 Å². The summed E-state index contributed by atoms with van der Waals surface area (Å²) in [5.74, 6) is -0.372. The molecule has 1 heterocycles. The third-order valence-corrected chi connectivity index (χ3v) is 3.78. The Morgan fingerprint density at radius 3 is 2.65 bits per heavy atom. The van der Waals surface area contributed by atoms with Crippen molar-refractivity contribution >= 4 is 5.78 Å². The van der Waals surface area contributed by atoms with Gasteiger partial charge in [0.1, 0.15) is 11.2 Å². The van der Waals surface area contributed by atoms with Crippen molar-refractivity contribution < 1.29 is 22.7 Å². The highest BCUT2D eigenvalue weighted by atomic mass is 19.4. The second-order valence-corrected chi connectivity index (χ2v) is 4.92. The first-order chi connectivity index (χ1) is 9.40. The molecule has 110 valence electrons. The maximum Gasteiger partial charge on any atom is 0.402 e. The number of carbonyl (C=O) groups is 1. The van der Waals surface area contributed by atoms with E-state index >= 15 is 0 Å². The molecule has 1 aliphatic heterocycles. The molecule has 1 aliphatic rings. The Labute approximate surface area is 115 Å². The summed E-state index contributed by atoms with van der Waals surface area (Å²) in [6.07, 6.45) is -5.01. The number of halogens is 3. The van der Waals surface area contributed by atoms with Crippen LogP contribution in [0, 0.1) is 5.41 Å². The minimum atomic E-state index is -4.53. The summed E-state index contributed by atoms with van der Waals surface area (Å²) in [6, 6.07) is 6.64. The first kappa shape index (κ1) is 14.8. The van der Waals surface area contributed by atoms with E-state index in [2.05, 4.69) is 5.32 Å². The Morgan fingerprint density at radius 1 is 1.40 bits per heavy atom. The van der Waals surface area contributed by atoms with Crippen molar-refractivity contribution in [2.24, 2.45) is 5.41 Å². The van der Waals surface area contributed by atoms with E-state index in [9.17, 15) is 18.0 Å². The minimum Gasteiger partial charge on any atom is -0.496 e. The van der Waals surface area contributed by atoms with Crippen LogP contribution in [-0.2, 0) is 11.2 Å². The van der Waals surface area contributed by atoms with Crippen molar-refractivity contribution in [3.05, 3.63) is 29.8 Å². The molecule has 3 nitrogen and oxygen atoms in total. The lowest BCUT2D eigenvalue weighted by atomic mass is 9.79. The maximum atomic E-state index is 13.3. The molecule has 0 radical (unpaired) electrons. The molecule has 1 atom stereocenters. The molecule has 1 N–H and O–H groups in total. The summed E-state index contributed by atoms with van der Waals surface area (Å²) in [6.45, 7) is -0.137. The van der Waals surface area contributed by atoms with Crippen LogP contribution in [0.2, 0.25) is 0 Å². The van der Waals surface area contributed by atoms with Crippen LogP contribution < -0.4 is 10.1 Å².